The third-order valence-electron chi connectivity index (χ3n) is 4.10. The molecule has 0 spiro atoms. The van der Waals surface area contributed by atoms with E-state index < -0.39 is 0 Å². The van der Waals surface area contributed by atoms with Crippen LogP contribution in [-0.4, -0.2) is 18.0 Å². The van der Waals surface area contributed by atoms with Crippen molar-refractivity contribution in [2.45, 2.75) is 33.9 Å². The van der Waals surface area contributed by atoms with Crippen molar-refractivity contribution < 1.29 is 8.83 Å². The van der Waals surface area contributed by atoms with Gasteiger partial charge in [-0.25, -0.2) is 4.98 Å². The van der Waals surface area contributed by atoms with E-state index in [-0.39, 0.29) is 0 Å². The summed E-state index contributed by atoms with van der Waals surface area (Å²) in [5, 5.41) is 6.52. The van der Waals surface area contributed by atoms with Gasteiger partial charge in [0.05, 0.1) is 12.2 Å². The number of furan rings is 1. The lowest BCUT2D eigenvalue weighted by Crippen LogP contribution is -2.36. The molecule has 2 N–H and O–H groups in total. The van der Waals surface area contributed by atoms with Crippen LogP contribution in [0, 0.1) is 20.8 Å². The van der Waals surface area contributed by atoms with Gasteiger partial charge in [0.15, 0.2) is 5.96 Å². The molecule has 0 saturated heterocycles. The maximum Gasteiger partial charge on any atom is 0.226 e. The second-order valence-electron chi connectivity index (χ2n) is 6.23. The van der Waals surface area contributed by atoms with E-state index >= 15 is 0 Å². The van der Waals surface area contributed by atoms with Crippen LogP contribution in [0.1, 0.15) is 28.3 Å². The minimum atomic E-state index is 0.526. The normalized spacial score (nSPS) is 11.6. The first-order chi connectivity index (χ1) is 12.5. The van der Waals surface area contributed by atoms with Crippen LogP contribution in [0.5, 0.6) is 0 Å². The molecule has 26 heavy (non-hydrogen) atoms. The maximum atomic E-state index is 5.58. The van der Waals surface area contributed by atoms with Crippen molar-refractivity contribution >= 4 is 5.96 Å². The number of oxazole rings is 1. The number of nitrogens with one attached hydrogen (secondary N) is 2. The first kappa shape index (κ1) is 17.8. The Morgan fingerprint density at radius 2 is 1.81 bits per heavy atom. The van der Waals surface area contributed by atoms with Crippen molar-refractivity contribution in [1.29, 1.82) is 0 Å². The number of nitrogens with zero attached hydrogens (tertiary/aromatic N) is 2. The molecule has 0 fully saturated rings. The molecule has 6 heteroatoms. The van der Waals surface area contributed by atoms with E-state index in [4.69, 9.17) is 8.83 Å². The lowest BCUT2D eigenvalue weighted by molar-refractivity contribution is 0.500. The number of rotatable bonds is 5. The molecule has 0 amide bonds. The number of aryl methyl sites for hydroxylation is 3. The fraction of sp³-hybridized carbons (Fsp3) is 0.300. The predicted octanol–water partition coefficient (Wildman–Crippen LogP) is 3.73. The molecule has 0 bridgehead atoms. The SMILES string of the molecule is CN=C(NCc1coc(-c2ccc(C)cc2)n1)NCc1cc(C)oc1C. The molecular formula is C20H24N4O2. The Balaban J connectivity index is 1.55. The van der Waals surface area contributed by atoms with Crippen molar-refractivity contribution in [2.24, 2.45) is 4.99 Å². The van der Waals surface area contributed by atoms with Gasteiger partial charge in [-0.2, -0.15) is 0 Å². The summed E-state index contributed by atoms with van der Waals surface area (Å²) in [6, 6.07) is 10.1. The van der Waals surface area contributed by atoms with Gasteiger partial charge in [0.2, 0.25) is 5.89 Å². The van der Waals surface area contributed by atoms with Crippen LogP contribution in [0.3, 0.4) is 0 Å². The van der Waals surface area contributed by atoms with E-state index in [0.29, 0.717) is 24.9 Å². The molecule has 136 valence electrons. The topological polar surface area (TPSA) is 75.6 Å². The fourth-order valence-corrected chi connectivity index (χ4v) is 2.65. The van der Waals surface area contributed by atoms with E-state index in [1.54, 1.807) is 13.3 Å². The van der Waals surface area contributed by atoms with Crippen molar-refractivity contribution in [3.8, 4) is 11.5 Å². The monoisotopic (exact) mass is 352 g/mol. The predicted molar refractivity (Wildman–Crippen MR) is 102 cm³/mol. The summed E-state index contributed by atoms with van der Waals surface area (Å²) in [4.78, 5) is 8.76. The molecular weight excluding hydrogens is 328 g/mol. The summed E-state index contributed by atoms with van der Waals surface area (Å²) in [5.74, 6) is 3.15. The van der Waals surface area contributed by atoms with Gasteiger partial charge in [0.25, 0.3) is 0 Å². The fourth-order valence-electron chi connectivity index (χ4n) is 2.65. The van der Waals surface area contributed by atoms with Crippen molar-refractivity contribution in [3.05, 3.63) is 64.9 Å². The number of hydrogen-bond donors (Lipinski definition) is 2. The van der Waals surface area contributed by atoms with Gasteiger partial charge in [0.1, 0.15) is 17.8 Å². The zero-order chi connectivity index (χ0) is 18.5. The van der Waals surface area contributed by atoms with Crippen LogP contribution in [0.15, 0.2) is 50.4 Å². The second-order valence-corrected chi connectivity index (χ2v) is 6.23. The minimum Gasteiger partial charge on any atom is -0.466 e. The summed E-state index contributed by atoms with van der Waals surface area (Å²) >= 11 is 0. The molecule has 6 nitrogen and oxygen atoms in total. The van der Waals surface area contributed by atoms with Crippen LogP contribution in [0.2, 0.25) is 0 Å². The van der Waals surface area contributed by atoms with E-state index in [2.05, 4.69) is 27.5 Å². The summed E-state index contributed by atoms with van der Waals surface area (Å²) < 4.78 is 11.1. The lowest BCUT2D eigenvalue weighted by Gasteiger charge is -2.10. The van der Waals surface area contributed by atoms with Gasteiger partial charge in [-0.15, -0.1) is 0 Å². The van der Waals surface area contributed by atoms with Gasteiger partial charge in [-0.3, -0.25) is 4.99 Å². The van der Waals surface area contributed by atoms with Crippen molar-refractivity contribution in [3.63, 3.8) is 0 Å². The second kappa shape index (κ2) is 7.91. The average molecular weight is 352 g/mol. The van der Waals surface area contributed by atoms with Gasteiger partial charge in [-0.05, 0) is 39.0 Å². The number of hydrogen-bond acceptors (Lipinski definition) is 4. The van der Waals surface area contributed by atoms with Gasteiger partial charge in [-0.1, -0.05) is 17.7 Å². The molecule has 3 rings (SSSR count). The van der Waals surface area contributed by atoms with Gasteiger partial charge < -0.3 is 19.5 Å². The molecule has 0 unspecified atom stereocenters. The highest BCUT2D eigenvalue weighted by Gasteiger charge is 2.08. The number of aromatic nitrogens is 1. The Morgan fingerprint density at radius 3 is 2.46 bits per heavy atom. The Labute approximate surface area is 153 Å². The molecule has 0 saturated carbocycles. The largest absolute Gasteiger partial charge is 0.466 e. The van der Waals surface area contributed by atoms with E-state index in [1.165, 1.54) is 5.56 Å². The summed E-state index contributed by atoms with van der Waals surface area (Å²) in [7, 11) is 1.74. The van der Waals surface area contributed by atoms with Crippen molar-refractivity contribution in [2.75, 3.05) is 7.05 Å². The Hall–Kier alpha value is -3.02. The summed E-state index contributed by atoms with van der Waals surface area (Å²) in [6.45, 7) is 7.14. The number of guanidine groups is 1. The molecule has 3 aromatic rings. The molecule has 2 heterocycles. The maximum absolute atomic E-state index is 5.58. The highest BCUT2D eigenvalue weighted by Crippen LogP contribution is 2.19. The van der Waals surface area contributed by atoms with Crippen LogP contribution in [-0.2, 0) is 13.1 Å². The number of aliphatic imine (C=N–C) groups is 1. The third-order valence-corrected chi connectivity index (χ3v) is 4.10. The van der Waals surface area contributed by atoms with Gasteiger partial charge >= 0.3 is 0 Å². The number of benzene rings is 1. The van der Waals surface area contributed by atoms with Gasteiger partial charge in [0, 0.05) is 24.7 Å². The average Bonchev–Trinajstić information content (AvgIpc) is 3.22. The lowest BCUT2D eigenvalue weighted by atomic mass is 10.1. The third kappa shape index (κ3) is 4.33. The van der Waals surface area contributed by atoms with E-state index in [9.17, 15) is 0 Å². The molecule has 0 aliphatic carbocycles. The first-order valence-electron chi connectivity index (χ1n) is 8.57. The quantitative estimate of drug-likeness (QED) is 0.541. The smallest absolute Gasteiger partial charge is 0.226 e. The highest BCUT2D eigenvalue weighted by molar-refractivity contribution is 5.79. The van der Waals surface area contributed by atoms with Crippen LogP contribution < -0.4 is 10.6 Å². The van der Waals surface area contributed by atoms with E-state index in [1.807, 2.05) is 44.2 Å². The van der Waals surface area contributed by atoms with Crippen LogP contribution in [0.25, 0.3) is 11.5 Å². The zero-order valence-corrected chi connectivity index (χ0v) is 15.6. The van der Waals surface area contributed by atoms with Crippen LogP contribution >= 0.6 is 0 Å². The Kier molecular flexibility index (Phi) is 5.41. The Morgan fingerprint density at radius 1 is 1.08 bits per heavy atom. The molecule has 0 atom stereocenters. The summed E-state index contributed by atoms with van der Waals surface area (Å²) in [5.41, 5.74) is 4.11. The molecule has 0 radical (unpaired) electrons. The standard InChI is InChI=1S/C20H24N4O2/c1-13-5-7-16(8-6-13)19-24-18(12-25-19)11-23-20(21-4)22-10-17-9-14(2)26-15(17)3/h5-9,12H,10-11H2,1-4H3,(H2,21,22,23). The molecule has 1 aromatic carbocycles. The Bertz CT molecular complexity index is 891. The van der Waals surface area contributed by atoms with Crippen molar-refractivity contribution in [1.82, 2.24) is 15.6 Å². The molecule has 0 aliphatic rings. The van der Waals surface area contributed by atoms with E-state index in [0.717, 1.165) is 28.3 Å². The first-order valence-corrected chi connectivity index (χ1v) is 8.57. The summed E-state index contributed by atoms with van der Waals surface area (Å²) in [6.07, 6.45) is 1.67. The molecule has 0 aliphatic heterocycles. The zero-order valence-electron chi connectivity index (χ0n) is 15.6. The van der Waals surface area contributed by atoms with Crippen LogP contribution in [0.4, 0.5) is 0 Å². The highest BCUT2D eigenvalue weighted by atomic mass is 16.3. The minimum absolute atomic E-state index is 0.526. The molecule has 2 aromatic heterocycles.